The van der Waals surface area contributed by atoms with Gasteiger partial charge in [-0.2, -0.15) is 0 Å². The van der Waals surface area contributed by atoms with E-state index in [2.05, 4.69) is 4.90 Å². The van der Waals surface area contributed by atoms with Crippen LogP contribution in [0.1, 0.15) is 16.8 Å². The van der Waals surface area contributed by atoms with Crippen LogP contribution in [0.3, 0.4) is 0 Å². The Morgan fingerprint density at radius 3 is 2.80 bits per heavy atom. The van der Waals surface area contributed by atoms with E-state index < -0.39 is 0 Å². The second-order valence-corrected chi connectivity index (χ2v) is 5.35. The van der Waals surface area contributed by atoms with Crippen LogP contribution in [0.15, 0.2) is 24.3 Å². The fourth-order valence-corrected chi connectivity index (χ4v) is 2.97. The minimum absolute atomic E-state index is 0.0692. The summed E-state index contributed by atoms with van der Waals surface area (Å²) in [6, 6.07) is 6.34. The molecule has 0 saturated carbocycles. The van der Waals surface area contributed by atoms with Gasteiger partial charge in [-0.1, -0.05) is 6.07 Å². The molecule has 20 heavy (non-hydrogen) atoms. The van der Waals surface area contributed by atoms with E-state index >= 15 is 0 Å². The molecule has 2 aliphatic rings. The van der Waals surface area contributed by atoms with Crippen molar-refractivity contribution >= 4 is 5.91 Å². The molecular weight excluding hydrogens is 259 g/mol. The summed E-state index contributed by atoms with van der Waals surface area (Å²) in [7, 11) is 0. The first kappa shape index (κ1) is 13.5. The number of morpholine rings is 1. The zero-order valence-corrected chi connectivity index (χ0v) is 11.4. The Kier molecular flexibility index (Phi) is 3.98. The molecule has 1 aromatic carbocycles. The normalized spacial score (nSPS) is 24.1. The highest BCUT2D eigenvalue weighted by atomic mass is 19.1. The molecule has 0 bridgehead atoms. The van der Waals surface area contributed by atoms with Crippen molar-refractivity contribution in [3.63, 3.8) is 0 Å². The largest absolute Gasteiger partial charge is 0.379 e. The first-order valence-corrected chi connectivity index (χ1v) is 7.11. The lowest BCUT2D eigenvalue weighted by atomic mass is 10.2. The highest BCUT2D eigenvalue weighted by molar-refractivity contribution is 5.94. The summed E-state index contributed by atoms with van der Waals surface area (Å²) < 4.78 is 18.5. The smallest absolute Gasteiger partial charge is 0.254 e. The van der Waals surface area contributed by atoms with E-state index in [1.54, 1.807) is 12.1 Å². The van der Waals surface area contributed by atoms with E-state index in [1.807, 2.05) is 4.90 Å². The SMILES string of the molecule is O=C(c1cccc(F)c1)N1CCC(N2CCOCC2)C1. The van der Waals surface area contributed by atoms with E-state index in [1.165, 1.54) is 12.1 Å². The average Bonchev–Trinajstić information content (AvgIpc) is 2.97. The molecule has 3 rings (SSSR count). The summed E-state index contributed by atoms with van der Waals surface area (Å²) in [6.45, 7) is 4.90. The van der Waals surface area contributed by atoms with Gasteiger partial charge in [0, 0.05) is 37.8 Å². The van der Waals surface area contributed by atoms with Crippen molar-refractivity contribution in [3.8, 4) is 0 Å². The second-order valence-electron chi connectivity index (χ2n) is 5.35. The third kappa shape index (κ3) is 2.83. The zero-order chi connectivity index (χ0) is 13.9. The van der Waals surface area contributed by atoms with Crippen molar-refractivity contribution in [1.29, 1.82) is 0 Å². The summed E-state index contributed by atoms with van der Waals surface area (Å²) in [5, 5.41) is 0. The number of amides is 1. The van der Waals surface area contributed by atoms with Crippen molar-refractivity contribution in [3.05, 3.63) is 35.6 Å². The fourth-order valence-electron chi connectivity index (χ4n) is 2.97. The van der Waals surface area contributed by atoms with Crippen molar-refractivity contribution < 1.29 is 13.9 Å². The van der Waals surface area contributed by atoms with Gasteiger partial charge in [-0.3, -0.25) is 9.69 Å². The predicted molar refractivity (Wildman–Crippen MR) is 73.1 cm³/mol. The molecule has 5 heteroatoms. The molecule has 1 atom stereocenters. The highest BCUT2D eigenvalue weighted by Gasteiger charge is 2.31. The maximum atomic E-state index is 13.2. The van der Waals surface area contributed by atoms with E-state index in [9.17, 15) is 9.18 Å². The molecular formula is C15H19FN2O2. The van der Waals surface area contributed by atoms with Crippen LogP contribution in [0.4, 0.5) is 4.39 Å². The van der Waals surface area contributed by atoms with Gasteiger partial charge < -0.3 is 9.64 Å². The minimum Gasteiger partial charge on any atom is -0.379 e. The summed E-state index contributed by atoms with van der Waals surface area (Å²) in [5.74, 6) is -0.431. The van der Waals surface area contributed by atoms with Crippen LogP contribution in [0.25, 0.3) is 0 Å². The summed E-state index contributed by atoms with van der Waals surface area (Å²) in [4.78, 5) is 16.6. The Balaban J connectivity index is 1.63. The van der Waals surface area contributed by atoms with Gasteiger partial charge in [0.25, 0.3) is 5.91 Å². The molecule has 1 unspecified atom stereocenters. The minimum atomic E-state index is -0.361. The molecule has 2 aliphatic heterocycles. The van der Waals surface area contributed by atoms with Gasteiger partial charge >= 0.3 is 0 Å². The van der Waals surface area contributed by atoms with Gasteiger partial charge in [0.15, 0.2) is 0 Å². The van der Waals surface area contributed by atoms with Crippen LogP contribution < -0.4 is 0 Å². The molecule has 2 saturated heterocycles. The number of carbonyl (C=O) groups excluding carboxylic acids is 1. The average molecular weight is 278 g/mol. The van der Waals surface area contributed by atoms with Gasteiger partial charge in [0.05, 0.1) is 13.2 Å². The lowest BCUT2D eigenvalue weighted by Crippen LogP contribution is -2.45. The molecule has 0 aliphatic carbocycles. The Bertz CT molecular complexity index is 489. The Labute approximate surface area is 118 Å². The maximum Gasteiger partial charge on any atom is 0.254 e. The van der Waals surface area contributed by atoms with Crippen LogP contribution in [0.5, 0.6) is 0 Å². The quantitative estimate of drug-likeness (QED) is 0.819. The van der Waals surface area contributed by atoms with Gasteiger partial charge in [0.1, 0.15) is 5.82 Å². The molecule has 2 fully saturated rings. The van der Waals surface area contributed by atoms with Crippen LogP contribution in [0, 0.1) is 5.82 Å². The van der Waals surface area contributed by atoms with Crippen molar-refractivity contribution in [2.24, 2.45) is 0 Å². The van der Waals surface area contributed by atoms with Crippen molar-refractivity contribution in [2.75, 3.05) is 39.4 Å². The molecule has 108 valence electrons. The van der Waals surface area contributed by atoms with E-state index in [4.69, 9.17) is 4.74 Å². The fraction of sp³-hybridized carbons (Fsp3) is 0.533. The number of nitrogens with zero attached hydrogens (tertiary/aromatic N) is 2. The predicted octanol–water partition coefficient (Wildman–Crippen LogP) is 1.37. The van der Waals surface area contributed by atoms with E-state index in [0.717, 1.165) is 45.8 Å². The number of likely N-dealkylation sites (tertiary alicyclic amines) is 1. The van der Waals surface area contributed by atoms with Crippen LogP contribution in [-0.4, -0.2) is 61.1 Å². The monoisotopic (exact) mass is 278 g/mol. The number of hydrogen-bond donors (Lipinski definition) is 0. The molecule has 0 spiro atoms. The Hall–Kier alpha value is -1.46. The van der Waals surface area contributed by atoms with Gasteiger partial charge in [-0.15, -0.1) is 0 Å². The third-order valence-electron chi connectivity index (χ3n) is 4.08. The summed E-state index contributed by atoms with van der Waals surface area (Å²) >= 11 is 0. The van der Waals surface area contributed by atoms with Crippen molar-refractivity contribution in [2.45, 2.75) is 12.5 Å². The molecule has 2 heterocycles. The zero-order valence-electron chi connectivity index (χ0n) is 11.4. The summed E-state index contributed by atoms with van der Waals surface area (Å²) in [6.07, 6.45) is 0.987. The number of halogens is 1. The first-order chi connectivity index (χ1) is 9.74. The van der Waals surface area contributed by atoms with Gasteiger partial charge in [0.2, 0.25) is 0 Å². The Morgan fingerprint density at radius 2 is 2.05 bits per heavy atom. The number of hydrogen-bond acceptors (Lipinski definition) is 3. The Morgan fingerprint density at radius 1 is 1.25 bits per heavy atom. The molecule has 0 radical (unpaired) electrons. The van der Waals surface area contributed by atoms with Crippen molar-refractivity contribution in [1.82, 2.24) is 9.80 Å². The third-order valence-corrected chi connectivity index (χ3v) is 4.08. The summed E-state index contributed by atoms with van der Waals surface area (Å²) in [5.41, 5.74) is 0.438. The standard InChI is InChI=1S/C15H19FN2O2/c16-13-3-1-2-12(10-13)15(19)18-5-4-14(11-18)17-6-8-20-9-7-17/h1-3,10,14H,4-9,11H2. The number of ether oxygens (including phenoxy) is 1. The van der Waals surface area contributed by atoms with Crippen LogP contribution in [0.2, 0.25) is 0 Å². The second kappa shape index (κ2) is 5.89. The number of benzene rings is 1. The number of carbonyl (C=O) groups is 1. The molecule has 1 aromatic rings. The van der Waals surface area contributed by atoms with E-state index in [-0.39, 0.29) is 11.7 Å². The molecule has 0 aromatic heterocycles. The lowest BCUT2D eigenvalue weighted by Gasteiger charge is -2.32. The van der Waals surface area contributed by atoms with Gasteiger partial charge in [-0.25, -0.2) is 4.39 Å². The van der Waals surface area contributed by atoms with E-state index in [0.29, 0.717) is 11.6 Å². The topological polar surface area (TPSA) is 32.8 Å². The highest BCUT2D eigenvalue weighted by Crippen LogP contribution is 2.19. The molecule has 1 amide bonds. The molecule has 0 N–H and O–H groups in total. The maximum absolute atomic E-state index is 13.2. The molecule has 4 nitrogen and oxygen atoms in total. The van der Waals surface area contributed by atoms with Gasteiger partial charge in [-0.05, 0) is 24.6 Å². The van der Waals surface area contributed by atoms with Crippen LogP contribution >= 0.6 is 0 Å². The number of rotatable bonds is 2. The lowest BCUT2D eigenvalue weighted by molar-refractivity contribution is 0.0185. The van der Waals surface area contributed by atoms with Crippen LogP contribution in [-0.2, 0) is 4.74 Å². The first-order valence-electron chi connectivity index (χ1n) is 7.11.